The largest absolute Gasteiger partial charge is 0.477 e. The third-order valence-electron chi connectivity index (χ3n) is 5.92. The quantitative estimate of drug-likeness (QED) is 0.747. The van der Waals surface area contributed by atoms with E-state index in [9.17, 15) is 28.2 Å². The van der Waals surface area contributed by atoms with E-state index in [4.69, 9.17) is 0 Å². The molecule has 1 aliphatic carbocycles. The van der Waals surface area contributed by atoms with E-state index in [-0.39, 0.29) is 46.5 Å². The number of hydrogen-bond acceptors (Lipinski definition) is 6. The Bertz CT molecular complexity index is 1220. The molecule has 0 radical (unpaired) electrons. The summed E-state index contributed by atoms with van der Waals surface area (Å²) >= 11 is 0. The number of anilines is 1. The van der Waals surface area contributed by atoms with E-state index in [1.54, 1.807) is 11.8 Å². The second-order valence-corrected chi connectivity index (χ2v) is 10.3. The topological polar surface area (TPSA) is 117 Å². The minimum atomic E-state index is -3.99. The molecule has 2 aromatic rings. The zero-order chi connectivity index (χ0) is 22.0. The standard InChI is InChI=1S/C20H23FN2O6S/c1-10-8-22(6-5-15(10)24)17-14(21)7-12-16(19(17)30(2,28)29)23(11-3-4-11)9-13(18(12)25)20(26)27/h7,9-11,15,24H,3-6,8H2,1-2H3,(H,26,27)/t10-,15-/m0/s1. The lowest BCUT2D eigenvalue weighted by molar-refractivity contribution is 0.0694. The number of halogens is 1. The van der Waals surface area contributed by atoms with Crippen LogP contribution in [-0.2, 0) is 9.84 Å². The van der Waals surface area contributed by atoms with Crippen LogP contribution < -0.4 is 10.3 Å². The molecular formula is C20H23FN2O6S. The predicted molar refractivity (Wildman–Crippen MR) is 109 cm³/mol. The Morgan fingerprint density at radius 1 is 1.27 bits per heavy atom. The van der Waals surface area contributed by atoms with Gasteiger partial charge in [-0.1, -0.05) is 6.92 Å². The Labute approximate surface area is 172 Å². The van der Waals surface area contributed by atoms with E-state index < -0.39 is 38.7 Å². The van der Waals surface area contributed by atoms with Crippen LogP contribution in [0, 0.1) is 11.7 Å². The molecule has 4 rings (SSSR count). The maximum Gasteiger partial charge on any atom is 0.341 e. The van der Waals surface area contributed by atoms with Gasteiger partial charge in [0.05, 0.1) is 22.7 Å². The molecule has 0 spiro atoms. The average Bonchev–Trinajstić information content (AvgIpc) is 3.48. The van der Waals surface area contributed by atoms with Gasteiger partial charge in [0.15, 0.2) is 9.84 Å². The minimum absolute atomic E-state index is 0.0465. The number of fused-ring (bicyclic) bond motifs is 1. The number of piperidine rings is 1. The number of rotatable bonds is 4. The second-order valence-electron chi connectivity index (χ2n) is 8.30. The number of benzene rings is 1. The normalized spacial score (nSPS) is 22.5. The number of aromatic carboxylic acids is 1. The number of nitrogens with zero attached hydrogens (tertiary/aromatic N) is 2. The van der Waals surface area contributed by atoms with Crippen LogP contribution in [0.25, 0.3) is 10.9 Å². The molecule has 0 amide bonds. The molecule has 2 fully saturated rings. The summed E-state index contributed by atoms with van der Waals surface area (Å²) in [6.45, 7) is 2.32. The van der Waals surface area contributed by atoms with Gasteiger partial charge in [-0.15, -0.1) is 0 Å². The molecule has 10 heteroatoms. The van der Waals surface area contributed by atoms with Gasteiger partial charge in [-0.3, -0.25) is 4.79 Å². The van der Waals surface area contributed by atoms with E-state index in [0.29, 0.717) is 19.3 Å². The lowest BCUT2D eigenvalue weighted by atomic mass is 9.96. The molecule has 1 aromatic heterocycles. The monoisotopic (exact) mass is 438 g/mol. The van der Waals surface area contributed by atoms with E-state index >= 15 is 4.39 Å². The Morgan fingerprint density at radius 2 is 1.93 bits per heavy atom. The molecule has 2 aliphatic rings. The van der Waals surface area contributed by atoms with E-state index in [1.165, 1.54) is 10.8 Å². The van der Waals surface area contributed by atoms with E-state index in [2.05, 4.69) is 0 Å². The van der Waals surface area contributed by atoms with Gasteiger partial charge in [0.1, 0.15) is 16.3 Å². The molecule has 0 unspecified atom stereocenters. The lowest BCUT2D eigenvalue weighted by Crippen LogP contribution is -2.43. The zero-order valence-corrected chi connectivity index (χ0v) is 17.4. The third kappa shape index (κ3) is 3.37. The first-order chi connectivity index (χ1) is 14.0. The van der Waals surface area contributed by atoms with Crippen LogP contribution in [0.1, 0.15) is 42.6 Å². The fourth-order valence-corrected chi connectivity index (χ4v) is 5.36. The van der Waals surface area contributed by atoms with Gasteiger partial charge >= 0.3 is 5.97 Å². The zero-order valence-electron chi connectivity index (χ0n) is 16.6. The number of carboxylic acids is 1. The van der Waals surface area contributed by atoms with Crippen molar-refractivity contribution in [2.75, 3.05) is 24.2 Å². The van der Waals surface area contributed by atoms with Crippen molar-refractivity contribution in [2.45, 2.75) is 43.2 Å². The highest BCUT2D eigenvalue weighted by Gasteiger charge is 2.35. The highest BCUT2D eigenvalue weighted by molar-refractivity contribution is 7.91. The summed E-state index contributed by atoms with van der Waals surface area (Å²) in [6.07, 6.45) is 3.34. The lowest BCUT2D eigenvalue weighted by Gasteiger charge is -2.37. The third-order valence-corrected chi connectivity index (χ3v) is 7.04. The Kier molecular flexibility index (Phi) is 4.89. The second kappa shape index (κ2) is 7.05. The van der Waals surface area contributed by atoms with Gasteiger partial charge < -0.3 is 19.7 Å². The Morgan fingerprint density at radius 3 is 2.47 bits per heavy atom. The van der Waals surface area contributed by atoms with Crippen LogP contribution in [0.3, 0.4) is 0 Å². The molecule has 2 N–H and O–H groups in total. The average molecular weight is 438 g/mol. The molecule has 0 bridgehead atoms. The molecule has 1 saturated heterocycles. The molecule has 30 heavy (non-hydrogen) atoms. The van der Waals surface area contributed by atoms with Gasteiger partial charge in [0.25, 0.3) is 0 Å². The summed E-state index contributed by atoms with van der Waals surface area (Å²) in [6, 6.07) is 0.801. The van der Waals surface area contributed by atoms with E-state index in [0.717, 1.165) is 12.3 Å². The summed E-state index contributed by atoms with van der Waals surface area (Å²) in [4.78, 5) is 25.6. The van der Waals surface area contributed by atoms with Crippen molar-refractivity contribution in [1.29, 1.82) is 0 Å². The van der Waals surface area contributed by atoms with Crippen LogP contribution >= 0.6 is 0 Å². The van der Waals surface area contributed by atoms with Crippen molar-refractivity contribution in [1.82, 2.24) is 4.57 Å². The number of carboxylic acid groups (broad SMARTS) is 1. The molecule has 2 heterocycles. The molecule has 8 nitrogen and oxygen atoms in total. The first kappa shape index (κ1) is 20.8. The van der Waals surface area contributed by atoms with Gasteiger partial charge in [-0.05, 0) is 31.2 Å². The SMILES string of the molecule is C[C@H]1CN(c2c(F)cc3c(=O)c(C(=O)O)cn(C4CC4)c3c2S(C)(=O)=O)CC[C@@H]1O. The van der Waals surface area contributed by atoms with Crippen molar-refractivity contribution in [2.24, 2.45) is 5.92 Å². The highest BCUT2D eigenvalue weighted by atomic mass is 32.2. The number of hydrogen-bond donors (Lipinski definition) is 2. The fraction of sp³-hybridized carbons (Fsp3) is 0.500. The number of aromatic nitrogens is 1. The van der Waals surface area contributed by atoms with Crippen molar-refractivity contribution in [3.8, 4) is 0 Å². The van der Waals surface area contributed by atoms with Crippen molar-refractivity contribution in [3.05, 3.63) is 33.9 Å². The molecular weight excluding hydrogens is 415 g/mol. The van der Waals surface area contributed by atoms with Gasteiger partial charge in [-0.2, -0.15) is 0 Å². The fourth-order valence-electron chi connectivity index (χ4n) is 4.22. The molecule has 2 atom stereocenters. The van der Waals surface area contributed by atoms with Crippen LogP contribution in [0.15, 0.2) is 22.0 Å². The summed E-state index contributed by atoms with van der Waals surface area (Å²) in [5, 5.41) is 19.2. The molecule has 162 valence electrons. The molecule has 1 aliphatic heterocycles. The molecule has 1 saturated carbocycles. The smallest absolute Gasteiger partial charge is 0.341 e. The Balaban J connectivity index is 2.11. The first-order valence-electron chi connectivity index (χ1n) is 9.78. The summed E-state index contributed by atoms with van der Waals surface area (Å²) < 4.78 is 42.5. The summed E-state index contributed by atoms with van der Waals surface area (Å²) in [5.41, 5.74) is -1.51. The highest BCUT2D eigenvalue weighted by Crippen LogP contribution is 2.42. The van der Waals surface area contributed by atoms with Crippen LogP contribution in [0.2, 0.25) is 0 Å². The maximum atomic E-state index is 15.3. The number of carbonyl (C=O) groups is 1. The Hall–Kier alpha value is -2.46. The van der Waals surface area contributed by atoms with Crippen molar-refractivity contribution < 1.29 is 27.8 Å². The van der Waals surface area contributed by atoms with Crippen LogP contribution in [-0.4, -0.2) is 54.6 Å². The van der Waals surface area contributed by atoms with Gasteiger partial charge in [0, 0.05) is 31.6 Å². The number of aliphatic hydroxyl groups is 1. The summed E-state index contributed by atoms with van der Waals surface area (Å²) in [5.74, 6) is -2.53. The molecule has 1 aromatic carbocycles. The summed E-state index contributed by atoms with van der Waals surface area (Å²) in [7, 11) is -3.99. The minimum Gasteiger partial charge on any atom is -0.477 e. The predicted octanol–water partition coefficient (Wildman–Crippen LogP) is 1.78. The number of sulfone groups is 1. The first-order valence-corrected chi connectivity index (χ1v) is 11.7. The van der Waals surface area contributed by atoms with Crippen molar-refractivity contribution in [3.63, 3.8) is 0 Å². The number of pyridine rings is 1. The van der Waals surface area contributed by atoms with Crippen molar-refractivity contribution >= 4 is 32.4 Å². The maximum absolute atomic E-state index is 15.3. The van der Waals surface area contributed by atoms with Gasteiger partial charge in [-0.25, -0.2) is 17.6 Å². The van der Waals surface area contributed by atoms with Crippen LogP contribution in [0.4, 0.5) is 10.1 Å². The van der Waals surface area contributed by atoms with Gasteiger partial charge in [0.2, 0.25) is 5.43 Å². The number of aliphatic hydroxyl groups excluding tert-OH is 1. The van der Waals surface area contributed by atoms with Crippen LogP contribution in [0.5, 0.6) is 0 Å². The van der Waals surface area contributed by atoms with E-state index in [1.807, 2.05) is 0 Å².